The molecule has 180 valence electrons. The lowest BCUT2D eigenvalue weighted by molar-refractivity contribution is -0.207. The molecule has 2 aromatic carbocycles. The smallest absolute Gasteiger partial charge is 0.352 e. The second-order valence-electron chi connectivity index (χ2n) is 7.64. The highest BCUT2D eigenvalue weighted by Gasteiger charge is 2.40. The summed E-state index contributed by atoms with van der Waals surface area (Å²) >= 11 is 0. The lowest BCUT2D eigenvalue weighted by Gasteiger charge is -2.37. The Morgan fingerprint density at radius 3 is 2.09 bits per heavy atom. The average molecular weight is 482 g/mol. The van der Waals surface area contributed by atoms with E-state index < -0.39 is 64.9 Å². The highest BCUT2D eigenvalue weighted by molar-refractivity contribution is 5.56. The largest absolute Gasteiger partial charge is 0.416 e. The molecular formula is C22H18F8O3. The first kappa shape index (κ1) is 25.1. The van der Waals surface area contributed by atoms with Gasteiger partial charge in [-0.2, -0.15) is 26.3 Å². The second-order valence-corrected chi connectivity index (χ2v) is 7.64. The van der Waals surface area contributed by atoms with Crippen LogP contribution in [-0.2, 0) is 26.6 Å². The number of ether oxygens (including phenoxy) is 2. The lowest BCUT2D eigenvalue weighted by Crippen LogP contribution is -2.38. The minimum absolute atomic E-state index is 0.000153. The molecule has 0 N–H and O–H groups in total. The number of halogens is 8. The number of hydrogen-bond acceptors (Lipinski definition) is 3. The summed E-state index contributed by atoms with van der Waals surface area (Å²) in [7, 11) is 0. The minimum atomic E-state index is -5.03. The van der Waals surface area contributed by atoms with Crippen LogP contribution in [-0.4, -0.2) is 19.2 Å². The van der Waals surface area contributed by atoms with Crippen LogP contribution in [0.1, 0.15) is 47.6 Å². The molecule has 0 bridgehead atoms. The van der Waals surface area contributed by atoms with Crippen molar-refractivity contribution in [3.8, 4) is 0 Å². The Balaban J connectivity index is 1.96. The summed E-state index contributed by atoms with van der Waals surface area (Å²) in [5.74, 6) is -4.04. The maximum Gasteiger partial charge on any atom is 0.416 e. The van der Waals surface area contributed by atoms with Crippen LogP contribution in [0.3, 0.4) is 0 Å². The molecule has 1 heterocycles. The number of carbonyl (C=O) groups excluding carboxylic acids is 1. The van der Waals surface area contributed by atoms with Gasteiger partial charge < -0.3 is 14.3 Å². The highest BCUT2D eigenvalue weighted by atomic mass is 19.4. The van der Waals surface area contributed by atoms with Crippen molar-refractivity contribution < 1.29 is 49.4 Å². The quantitative estimate of drug-likeness (QED) is 0.364. The van der Waals surface area contributed by atoms with Gasteiger partial charge in [0.1, 0.15) is 6.29 Å². The molecule has 11 heteroatoms. The van der Waals surface area contributed by atoms with Gasteiger partial charge in [0, 0.05) is 11.8 Å². The van der Waals surface area contributed by atoms with E-state index in [-0.39, 0.29) is 24.7 Å². The van der Waals surface area contributed by atoms with E-state index in [0.29, 0.717) is 18.4 Å². The predicted molar refractivity (Wildman–Crippen MR) is 99.0 cm³/mol. The number of carbonyl (C=O) groups is 1. The average Bonchev–Trinajstić information content (AvgIpc) is 2.74. The summed E-state index contributed by atoms with van der Waals surface area (Å²) < 4.78 is 117. The van der Waals surface area contributed by atoms with Crippen molar-refractivity contribution in [1.29, 1.82) is 0 Å². The van der Waals surface area contributed by atoms with Gasteiger partial charge in [-0.05, 0) is 54.8 Å². The summed E-state index contributed by atoms with van der Waals surface area (Å²) in [5, 5.41) is 0. The highest BCUT2D eigenvalue weighted by Crippen LogP contribution is 2.41. The monoisotopic (exact) mass is 482 g/mol. The van der Waals surface area contributed by atoms with Crippen molar-refractivity contribution in [3.05, 3.63) is 70.3 Å². The van der Waals surface area contributed by atoms with Crippen LogP contribution in [0.5, 0.6) is 0 Å². The van der Waals surface area contributed by atoms with E-state index in [9.17, 15) is 39.9 Å². The first-order valence-electron chi connectivity index (χ1n) is 9.78. The molecule has 0 radical (unpaired) electrons. The molecule has 0 spiro atoms. The standard InChI is InChI=1S/C22H18F8O3/c1-11(14-6-15(21(25,26)27)9-16(7-14)22(28,29)30)33-20-19(13(10-31)4-5-32-20)12-2-3-17(23)18(24)8-12/h2-3,6-11,13,19-20H,4-5H2,1H3/t11?,13-,19-,20+/m0/s1. The van der Waals surface area contributed by atoms with Crippen LogP contribution in [0.2, 0.25) is 0 Å². The van der Waals surface area contributed by atoms with Gasteiger partial charge in [0.2, 0.25) is 0 Å². The normalized spacial score (nSPS) is 22.8. The molecule has 1 aliphatic rings. The van der Waals surface area contributed by atoms with E-state index in [0.717, 1.165) is 12.1 Å². The van der Waals surface area contributed by atoms with Crippen molar-refractivity contribution in [2.45, 2.75) is 44.0 Å². The molecule has 1 unspecified atom stereocenters. The van der Waals surface area contributed by atoms with Gasteiger partial charge in [-0.1, -0.05) is 6.07 Å². The van der Waals surface area contributed by atoms with Crippen LogP contribution in [0, 0.1) is 17.6 Å². The Labute approximate surface area is 183 Å². The summed E-state index contributed by atoms with van der Waals surface area (Å²) in [4.78, 5) is 11.6. The maximum absolute atomic E-state index is 13.8. The first-order chi connectivity index (χ1) is 15.3. The number of alkyl halides is 6. The van der Waals surface area contributed by atoms with E-state index in [1.165, 1.54) is 13.0 Å². The lowest BCUT2D eigenvalue weighted by atomic mass is 9.82. The molecule has 4 atom stereocenters. The molecule has 33 heavy (non-hydrogen) atoms. The van der Waals surface area contributed by atoms with Gasteiger partial charge in [-0.15, -0.1) is 0 Å². The third-order valence-electron chi connectivity index (χ3n) is 5.41. The Kier molecular flexibility index (Phi) is 7.13. The minimum Gasteiger partial charge on any atom is -0.352 e. The third kappa shape index (κ3) is 5.70. The predicted octanol–water partition coefficient (Wildman–Crippen LogP) is 6.43. The fourth-order valence-corrected chi connectivity index (χ4v) is 3.70. The van der Waals surface area contributed by atoms with Gasteiger partial charge in [0.05, 0.1) is 23.8 Å². The topological polar surface area (TPSA) is 35.5 Å². The van der Waals surface area contributed by atoms with Gasteiger partial charge in [0.25, 0.3) is 0 Å². The number of hydrogen-bond donors (Lipinski definition) is 0. The van der Waals surface area contributed by atoms with E-state index >= 15 is 0 Å². The summed E-state index contributed by atoms with van der Waals surface area (Å²) in [6, 6.07) is 3.96. The molecule has 0 aromatic heterocycles. The van der Waals surface area contributed by atoms with Crippen LogP contribution in [0.25, 0.3) is 0 Å². The van der Waals surface area contributed by atoms with Crippen molar-refractivity contribution >= 4 is 6.29 Å². The molecule has 0 saturated carbocycles. The Morgan fingerprint density at radius 1 is 0.970 bits per heavy atom. The molecule has 0 aliphatic carbocycles. The van der Waals surface area contributed by atoms with Crippen molar-refractivity contribution in [1.82, 2.24) is 0 Å². The zero-order valence-corrected chi connectivity index (χ0v) is 17.0. The van der Waals surface area contributed by atoms with E-state index in [1.54, 1.807) is 0 Å². The molecule has 1 fully saturated rings. The number of rotatable bonds is 5. The molecule has 1 aliphatic heterocycles. The first-order valence-corrected chi connectivity index (χ1v) is 9.78. The Bertz CT molecular complexity index is 970. The Morgan fingerprint density at radius 2 is 1.58 bits per heavy atom. The van der Waals surface area contributed by atoms with E-state index in [1.807, 2.05) is 0 Å². The second kappa shape index (κ2) is 9.38. The van der Waals surface area contributed by atoms with Crippen molar-refractivity contribution in [3.63, 3.8) is 0 Å². The summed E-state index contributed by atoms with van der Waals surface area (Å²) in [5.41, 5.74) is -3.29. The van der Waals surface area contributed by atoms with Gasteiger partial charge in [0.15, 0.2) is 17.9 Å². The zero-order chi connectivity index (χ0) is 24.6. The van der Waals surface area contributed by atoms with Crippen molar-refractivity contribution in [2.75, 3.05) is 6.61 Å². The van der Waals surface area contributed by atoms with Gasteiger partial charge in [-0.3, -0.25) is 0 Å². The number of aldehydes is 1. The van der Waals surface area contributed by atoms with Crippen LogP contribution >= 0.6 is 0 Å². The maximum atomic E-state index is 13.8. The van der Waals surface area contributed by atoms with Crippen LogP contribution in [0.4, 0.5) is 35.1 Å². The molecule has 2 aromatic rings. The number of benzene rings is 2. The third-order valence-corrected chi connectivity index (χ3v) is 5.41. The van der Waals surface area contributed by atoms with Crippen molar-refractivity contribution in [2.24, 2.45) is 5.92 Å². The van der Waals surface area contributed by atoms with Gasteiger partial charge in [-0.25, -0.2) is 8.78 Å². The fourth-order valence-electron chi connectivity index (χ4n) is 3.70. The van der Waals surface area contributed by atoms with Gasteiger partial charge >= 0.3 is 12.4 Å². The molecule has 0 amide bonds. The molecule has 1 saturated heterocycles. The van der Waals surface area contributed by atoms with Crippen LogP contribution in [0.15, 0.2) is 36.4 Å². The summed E-state index contributed by atoms with van der Waals surface area (Å²) in [6.45, 7) is 1.24. The Hall–Kier alpha value is -2.53. The van der Waals surface area contributed by atoms with E-state index in [2.05, 4.69) is 0 Å². The van der Waals surface area contributed by atoms with Crippen LogP contribution < -0.4 is 0 Å². The molecule has 3 rings (SSSR count). The molecule has 3 nitrogen and oxygen atoms in total. The SMILES string of the molecule is CC(O[C@H]1OCC[C@@H](C=O)[C@@H]1c1ccc(F)c(F)c1)c1cc(C(F)(F)F)cc(C(F)(F)F)c1. The zero-order valence-electron chi connectivity index (χ0n) is 17.0. The fraction of sp³-hybridized carbons (Fsp3) is 0.409. The summed E-state index contributed by atoms with van der Waals surface area (Å²) in [6.07, 6.45) is -11.9. The van der Waals surface area contributed by atoms with E-state index in [4.69, 9.17) is 9.47 Å². The molecular weight excluding hydrogens is 464 g/mol.